The zero-order chi connectivity index (χ0) is 27.7. The Kier molecular flexibility index (Phi) is 21.9. The molecule has 1 rings (SSSR count). The monoisotopic (exact) mass is 613 g/mol. The molecule has 0 atom stereocenters. The first kappa shape index (κ1) is 39.7. The number of nitrogens with zero attached hydrogens (tertiary/aromatic N) is 1. The zero-order valence-corrected chi connectivity index (χ0v) is 32.4. The number of hydrogen-bond acceptors (Lipinski definition) is 1. The Balaban J connectivity index is 0. The van der Waals surface area contributed by atoms with E-state index in [4.69, 9.17) is 4.74 Å². The maximum absolute atomic E-state index is 6.08. The van der Waals surface area contributed by atoms with Gasteiger partial charge in [-0.25, -0.2) is 0 Å². The molecule has 0 N–H and O–H groups in total. The van der Waals surface area contributed by atoms with E-state index in [0.717, 1.165) is 6.42 Å². The Morgan fingerprint density at radius 3 is 1.54 bits per heavy atom. The fourth-order valence-corrected chi connectivity index (χ4v) is 90.2. The maximum Gasteiger partial charge on any atom is 0.0873 e. The van der Waals surface area contributed by atoms with Gasteiger partial charge >= 0.3 is 0 Å². The molecule has 0 spiro atoms. The van der Waals surface area contributed by atoms with Gasteiger partial charge in [-0.2, -0.15) is 0 Å². The van der Waals surface area contributed by atoms with E-state index in [1.807, 2.05) is 13.0 Å². The second kappa shape index (κ2) is 20.4. The quantitative estimate of drug-likeness (QED) is 0.0933. The summed E-state index contributed by atoms with van der Waals surface area (Å²) in [4.78, 5) is 0. The minimum Gasteiger partial charge on any atom is -0.283 e. The molecule has 0 radical (unpaired) electrons. The van der Waals surface area contributed by atoms with Crippen LogP contribution in [0.1, 0.15) is 92.4 Å². The van der Waals surface area contributed by atoms with Gasteiger partial charge in [0.05, 0.1) is 23.2 Å². The Morgan fingerprint density at radius 2 is 1.22 bits per heavy atom. The van der Waals surface area contributed by atoms with E-state index in [-0.39, 0.29) is 21.7 Å². The van der Waals surface area contributed by atoms with Crippen molar-refractivity contribution in [3.8, 4) is 0 Å². The summed E-state index contributed by atoms with van der Waals surface area (Å²) < 4.78 is 6.08. The standard InChI is InChI=1S/C23H50NPSi3.C8H14.Ti/c1-10-13-20-26(4,5)25(24-23-18-16-17-19-23,27(6,7)21-14-11-2)28(8,9)22-15-12-3;1-3-5-7-8-6-4-2;/h16-18H,10-15,19-22H2,1-9H3;3,5,7-8H,4,6H2,1-2H3;. The smallest absolute Gasteiger partial charge is 0.0873 e. The van der Waals surface area contributed by atoms with Crippen LogP contribution in [-0.4, -0.2) is 23.2 Å². The molecule has 0 fully saturated rings. The normalized spacial score (nSPS) is 14.5. The number of rotatable bonds is 16. The molecule has 1 aliphatic carbocycles. The summed E-state index contributed by atoms with van der Waals surface area (Å²) in [6.07, 6.45) is 27.1. The van der Waals surface area contributed by atoms with Crippen LogP contribution in [0.25, 0.3) is 0 Å². The first-order chi connectivity index (χ1) is 16.9. The van der Waals surface area contributed by atoms with Crippen LogP contribution >= 0.6 is 5.70 Å². The van der Waals surface area contributed by atoms with E-state index in [0.29, 0.717) is 0 Å². The first-order valence-corrected chi connectivity index (χ1v) is 29.1. The number of hydrogen-bond donors (Lipinski definition) is 0. The molecule has 214 valence electrons. The molecule has 0 aromatic heterocycles. The molecule has 0 amide bonds. The van der Waals surface area contributed by atoms with Crippen molar-refractivity contribution in [3.63, 3.8) is 0 Å². The predicted octanol–water partition coefficient (Wildman–Crippen LogP) is 13.0. The van der Waals surface area contributed by atoms with Crippen LogP contribution in [0.4, 0.5) is 0 Å². The molecule has 0 unspecified atom stereocenters. The van der Waals surface area contributed by atoms with Crippen molar-refractivity contribution < 1.29 is 21.7 Å². The van der Waals surface area contributed by atoms with Crippen LogP contribution in [0, 0.1) is 0 Å². The van der Waals surface area contributed by atoms with Crippen LogP contribution in [0.2, 0.25) is 57.4 Å². The number of allylic oxidation sites excluding steroid dienone is 7. The molecule has 0 saturated heterocycles. The van der Waals surface area contributed by atoms with Crippen LogP contribution in [0.3, 0.4) is 0 Å². The van der Waals surface area contributed by atoms with Gasteiger partial charge in [-0.3, -0.25) is 4.74 Å². The van der Waals surface area contributed by atoms with Crippen LogP contribution in [0.5, 0.6) is 0 Å². The fourth-order valence-electron chi connectivity index (χ4n) is 6.33. The summed E-state index contributed by atoms with van der Waals surface area (Å²) in [6.45, 7) is 28.0. The van der Waals surface area contributed by atoms with Crippen LogP contribution in [0.15, 0.2) is 53.0 Å². The summed E-state index contributed by atoms with van der Waals surface area (Å²) >= 11 is 0. The summed E-state index contributed by atoms with van der Waals surface area (Å²) in [5.74, 6) is 0. The van der Waals surface area contributed by atoms with Crippen LogP contribution in [-0.2, 0) is 21.7 Å². The van der Waals surface area contributed by atoms with E-state index < -0.39 is 28.9 Å². The third-order valence-electron chi connectivity index (χ3n) is 7.98. The average Bonchev–Trinajstić information content (AvgIpc) is 3.34. The summed E-state index contributed by atoms with van der Waals surface area (Å²) in [5.41, 5.74) is 0.134. The van der Waals surface area contributed by atoms with Crippen LogP contribution < -0.4 is 0 Å². The minimum atomic E-state index is -1.44. The van der Waals surface area contributed by atoms with E-state index >= 15 is 0 Å². The third kappa shape index (κ3) is 12.3. The van der Waals surface area contributed by atoms with Crippen molar-refractivity contribution in [2.24, 2.45) is 4.74 Å². The molecule has 0 aromatic carbocycles. The van der Waals surface area contributed by atoms with Crippen molar-refractivity contribution >= 4 is 28.9 Å². The van der Waals surface area contributed by atoms with Gasteiger partial charge in [-0.05, 0) is 19.4 Å². The predicted molar refractivity (Wildman–Crippen MR) is 182 cm³/mol. The average molecular weight is 614 g/mol. The van der Waals surface area contributed by atoms with Gasteiger partial charge in [-0.15, -0.1) is 0 Å². The van der Waals surface area contributed by atoms with Crippen molar-refractivity contribution in [3.05, 3.63) is 48.2 Å². The zero-order valence-electron chi connectivity index (χ0n) is 26.9. The van der Waals surface area contributed by atoms with E-state index in [1.165, 1.54) is 75.2 Å². The van der Waals surface area contributed by atoms with Crippen molar-refractivity contribution in [2.75, 3.05) is 0 Å². The number of unbranched alkanes of at least 4 members (excludes halogenated alkanes) is 4. The molecule has 0 heterocycles. The Hall–Kier alpha value is 0.555. The van der Waals surface area contributed by atoms with Gasteiger partial charge in [0.1, 0.15) is 0 Å². The molecule has 1 nitrogen and oxygen atoms in total. The van der Waals surface area contributed by atoms with Gasteiger partial charge in [0.15, 0.2) is 0 Å². The van der Waals surface area contributed by atoms with Gasteiger partial charge in [0.2, 0.25) is 0 Å². The van der Waals surface area contributed by atoms with Gasteiger partial charge in [0.25, 0.3) is 0 Å². The SMILES string of the molecule is CC=CC=CCCC.CCCC[Si](C)(C)P(=NC1=CC=CC1)([Si](C)(C)CCCC)[Si](C)(C)CCCC.[Ti]. The summed E-state index contributed by atoms with van der Waals surface area (Å²) in [5, 5.41) is 0. The third-order valence-corrected chi connectivity index (χ3v) is 69.9. The molecule has 0 aliphatic heterocycles. The fraction of sp³-hybridized carbons (Fsp3) is 0.742. The van der Waals surface area contributed by atoms with E-state index in [1.54, 1.807) is 0 Å². The molecule has 0 bridgehead atoms. The molecule has 0 saturated carbocycles. The van der Waals surface area contributed by atoms with Gasteiger partial charge in [-0.1, -0.05) is 172 Å². The maximum atomic E-state index is 6.08. The first-order valence-electron chi connectivity index (χ1n) is 15.2. The molecular formula is C31H64NPSi3Ti. The van der Waals surface area contributed by atoms with Gasteiger partial charge in [0, 0.05) is 33.8 Å². The summed E-state index contributed by atoms with van der Waals surface area (Å²) in [6, 6.07) is 4.52. The summed E-state index contributed by atoms with van der Waals surface area (Å²) in [7, 11) is -4.33. The Morgan fingerprint density at radius 1 is 0.757 bits per heavy atom. The molecular weight excluding hydrogens is 549 g/mol. The Labute approximate surface area is 252 Å². The topological polar surface area (TPSA) is 12.4 Å². The molecule has 1 aliphatic rings. The van der Waals surface area contributed by atoms with E-state index in [9.17, 15) is 0 Å². The Bertz CT molecular complexity index is 722. The molecule has 6 heteroatoms. The largest absolute Gasteiger partial charge is 0.283 e. The van der Waals surface area contributed by atoms with E-state index in [2.05, 4.69) is 103 Å². The second-order valence-electron chi connectivity index (χ2n) is 12.5. The van der Waals surface area contributed by atoms with Crippen molar-refractivity contribution in [2.45, 2.75) is 150 Å². The second-order valence-corrected chi connectivity index (χ2v) is 47.1. The van der Waals surface area contributed by atoms with Crippen molar-refractivity contribution in [1.82, 2.24) is 0 Å². The molecule has 0 aromatic rings. The minimum absolute atomic E-state index is 0. The van der Waals surface area contributed by atoms with Crippen molar-refractivity contribution in [1.29, 1.82) is 0 Å². The van der Waals surface area contributed by atoms with Gasteiger partial charge < -0.3 is 0 Å². The molecule has 37 heavy (non-hydrogen) atoms.